The van der Waals surface area contributed by atoms with Crippen molar-refractivity contribution in [2.75, 3.05) is 25.1 Å². The maximum Gasteiger partial charge on any atom is 0.409 e. The van der Waals surface area contributed by atoms with Crippen molar-refractivity contribution < 1.29 is 33.0 Å². The van der Waals surface area contributed by atoms with Gasteiger partial charge >= 0.3 is 6.09 Å². The van der Waals surface area contributed by atoms with Crippen LogP contribution in [0.5, 0.6) is 0 Å². The highest BCUT2D eigenvalue weighted by atomic mass is 19.1. The van der Waals surface area contributed by atoms with Gasteiger partial charge in [-0.15, -0.1) is 0 Å². The lowest BCUT2D eigenvalue weighted by molar-refractivity contribution is -0.118. The number of nitrogens with zero attached hydrogens (tertiary/aromatic N) is 4. The molecule has 12 heteroatoms. The number of azide groups is 1. The van der Waals surface area contributed by atoms with Crippen LogP contribution in [0.3, 0.4) is 0 Å². The quantitative estimate of drug-likeness (QED) is 0.227. The van der Waals surface area contributed by atoms with E-state index < -0.39 is 47.4 Å². The SMILES string of the molecule is CC1(C)OCC(CCc2c(F)cccc2NC(=O)C(N=[N+]=[N-])C(c2ccc(F)cc2)C2CCOCC2)N1C(=O)O. The zero-order valence-electron chi connectivity index (χ0n) is 22.4. The van der Waals surface area contributed by atoms with Crippen molar-refractivity contribution in [3.63, 3.8) is 0 Å². The van der Waals surface area contributed by atoms with Crippen LogP contribution in [-0.4, -0.2) is 59.6 Å². The fourth-order valence-electron chi connectivity index (χ4n) is 5.75. The second-order valence-electron chi connectivity index (χ2n) is 10.5. The number of amides is 2. The van der Waals surface area contributed by atoms with Gasteiger partial charge in [0.1, 0.15) is 23.4 Å². The third kappa shape index (κ3) is 6.52. The fraction of sp³-hybridized carbons (Fsp3) is 0.500. The van der Waals surface area contributed by atoms with Gasteiger partial charge in [-0.05, 0) is 80.8 Å². The molecule has 3 unspecified atom stereocenters. The lowest BCUT2D eigenvalue weighted by Gasteiger charge is -2.34. The minimum atomic E-state index is -1.19. The van der Waals surface area contributed by atoms with Crippen LogP contribution in [0.2, 0.25) is 0 Å². The second-order valence-corrected chi connectivity index (χ2v) is 10.5. The Balaban J connectivity index is 1.59. The smallest absolute Gasteiger partial charge is 0.409 e. The molecule has 0 aromatic heterocycles. The van der Waals surface area contributed by atoms with Crippen molar-refractivity contribution >= 4 is 17.7 Å². The van der Waals surface area contributed by atoms with E-state index >= 15 is 4.39 Å². The van der Waals surface area contributed by atoms with Crippen LogP contribution in [0.25, 0.3) is 10.4 Å². The topological polar surface area (TPSA) is 137 Å². The Hall–Kier alpha value is -3.73. The monoisotopic (exact) mass is 557 g/mol. The van der Waals surface area contributed by atoms with Crippen molar-refractivity contribution in [2.24, 2.45) is 11.0 Å². The molecule has 2 N–H and O–H groups in total. The van der Waals surface area contributed by atoms with E-state index in [1.807, 2.05) is 0 Å². The van der Waals surface area contributed by atoms with Gasteiger partial charge in [0, 0.05) is 35.3 Å². The molecule has 40 heavy (non-hydrogen) atoms. The van der Waals surface area contributed by atoms with Crippen molar-refractivity contribution in [2.45, 2.75) is 63.3 Å². The largest absolute Gasteiger partial charge is 0.465 e. The van der Waals surface area contributed by atoms with Crippen molar-refractivity contribution in [1.29, 1.82) is 0 Å². The van der Waals surface area contributed by atoms with Crippen LogP contribution in [0.15, 0.2) is 47.6 Å². The van der Waals surface area contributed by atoms with Crippen LogP contribution in [0, 0.1) is 17.6 Å². The summed E-state index contributed by atoms with van der Waals surface area (Å²) in [6.45, 7) is 4.44. The number of carboxylic acid groups (broad SMARTS) is 1. The summed E-state index contributed by atoms with van der Waals surface area (Å²) in [6.07, 6.45) is 0.505. The molecule has 0 bridgehead atoms. The molecular formula is C28H33F2N5O5. The van der Waals surface area contributed by atoms with Crippen molar-refractivity contribution in [3.05, 3.63) is 75.7 Å². The number of ether oxygens (including phenoxy) is 2. The van der Waals surface area contributed by atoms with Crippen LogP contribution >= 0.6 is 0 Å². The average Bonchev–Trinajstić information content (AvgIpc) is 3.23. The number of carbonyl (C=O) groups is 2. The Morgan fingerprint density at radius 1 is 1.20 bits per heavy atom. The molecule has 2 aromatic carbocycles. The zero-order chi connectivity index (χ0) is 28.9. The second kappa shape index (κ2) is 12.6. The highest BCUT2D eigenvalue weighted by molar-refractivity contribution is 5.96. The molecule has 10 nitrogen and oxygen atoms in total. The van der Waals surface area contributed by atoms with Crippen LogP contribution < -0.4 is 5.32 Å². The van der Waals surface area contributed by atoms with Crippen LogP contribution in [-0.2, 0) is 20.7 Å². The summed E-state index contributed by atoms with van der Waals surface area (Å²) in [5, 5.41) is 16.3. The molecule has 2 fully saturated rings. The summed E-state index contributed by atoms with van der Waals surface area (Å²) in [4.78, 5) is 29.6. The van der Waals surface area contributed by atoms with E-state index in [0.717, 1.165) is 0 Å². The first-order valence-corrected chi connectivity index (χ1v) is 13.2. The number of benzene rings is 2. The fourth-order valence-corrected chi connectivity index (χ4v) is 5.75. The Labute approximate surface area is 230 Å². The van der Waals surface area contributed by atoms with Crippen molar-refractivity contribution in [1.82, 2.24) is 4.90 Å². The number of halogens is 2. The normalized spacial score (nSPS) is 20.4. The molecule has 2 heterocycles. The van der Waals surface area contributed by atoms with Gasteiger partial charge in [-0.2, -0.15) is 0 Å². The standard InChI is InChI=1S/C28H33F2N5O5/c1-28(2)35(27(37)38)20(16-40-28)10-11-21-22(30)4-3-5-23(21)32-26(36)25(33-34-31)24(18-12-14-39-15-13-18)17-6-8-19(29)9-7-17/h3-9,18,20,24-25H,10-16H2,1-2H3,(H,32,36)(H,37,38). The molecule has 2 aliphatic heterocycles. The molecule has 2 saturated heterocycles. The summed E-state index contributed by atoms with van der Waals surface area (Å²) in [5.41, 5.74) is 9.42. The van der Waals surface area contributed by atoms with Gasteiger partial charge in [0.2, 0.25) is 5.91 Å². The first-order valence-electron chi connectivity index (χ1n) is 13.2. The summed E-state index contributed by atoms with van der Waals surface area (Å²) < 4.78 is 39.9. The van der Waals surface area contributed by atoms with Gasteiger partial charge < -0.3 is 19.9 Å². The predicted molar refractivity (Wildman–Crippen MR) is 143 cm³/mol. The summed E-state index contributed by atoms with van der Waals surface area (Å²) in [5.74, 6) is -2.23. The van der Waals surface area contributed by atoms with Crippen molar-refractivity contribution in [3.8, 4) is 0 Å². The van der Waals surface area contributed by atoms with Gasteiger partial charge in [0.15, 0.2) is 0 Å². The molecule has 0 radical (unpaired) electrons. The minimum Gasteiger partial charge on any atom is -0.465 e. The van der Waals surface area contributed by atoms with Gasteiger partial charge in [-0.25, -0.2) is 13.6 Å². The van der Waals surface area contributed by atoms with E-state index in [9.17, 15) is 24.6 Å². The number of hydrogen-bond donors (Lipinski definition) is 2. The summed E-state index contributed by atoms with van der Waals surface area (Å²) in [6, 6.07) is 8.34. The molecule has 0 aliphatic carbocycles. The Morgan fingerprint density at radius 2 is 1.90 bits per heavy atom. The molecule has 3 atom stereocenters. The first kappa shape index (κ1) is 29.3. The van der Waals surface area contributed by atoms with E-state index in [1.165, 1.54) is 29.2 Å². The molecule has 2 aliphatic rings. The molecule has 214 valence electrons. The van der Waals surface area contributed by atoms with E-state index in [0.29, 0.717) is 31.6 Å². The maximum atomic E-state index is 15.0. The van der Waals surface area contributed by atoms with Crippen LogP contribution in [0.4, 0.5) is 19.3 Å². The molecule has 2 amide bonds. The summed E-state index contributed by atoms with van der Waals surface area (Å²) >= 11 is 0. The number of anilines is 1. The van der Waals surface area contributed by atoms with Gasteiger partial charge in [0.05, 0.1) is 12.6 Å². The zero-order valence-corrected chi connectivity index (χ0v) is 22.4. The highest BCUT2D eigenvalue weighted by Gasteiger charge is 2.44. The van der Waals surface area contributed by atoms with Gasteiger partial charge in [-0.3, -0.25) is 9.69 Å². The minimum absolute atomic E-state index is 0.0693. The molecule has 2 aromatic rings. The Morgan fingerprint density at radius 3 is 2.55 bits per heavy atom. The first-order chi connectivity index (χ1) is 19.1. The molecular weight excluding hydrogens is 524 g/mol. The number of rotatable bonds is 9. The highest BCUT2D eigenvalue weighted by Crippen LogP contribution is 2.37. The van der Waals surface area contributed by atoms with Gasteiger partial charge in [0.25, 0.3) is 0 Å². The van der Waals surface area contributed by atoms with E-state index in [4.69, 9.17) is 9.47 Å². The summed E-state index contributed by atoms with van der Waals surface area (Å²) in [7, 11) is 0. The average molecular weight is 558 g/mol. The van der Waals surface area contributed by atoms with E-state index in [1.54, 1.807) is 32.0 Å². The lowest BCUT2D eigenvalue weighted by Crippen LogP contribution is -2.47. The van der Waals surface area contributed by atoms with E-state index in [-0.39, 0.29) is 36.6 Å². The van der Waals surface area contributed by atoms with E-state index in [2.05, 4.69) is 15.3 Å². The Kier molecular flexibility index (Phi) is 9.24. The van der Waals surface area contributed by atoms with Gasteiger partial charge in [-0.1, -0.05) is 23.3 Å². The number of carbonyl (C=O) groups excluding carboxylic acids is 1. The van der Waals surface area contributed by atoms with Crippen LogP contribution in [0.1, 0.15) is 50.2 Å². The third-order valence-electron chi connectivity index (χ3n) is 7.70. The lowest BCUT2D eigenvalue weighted by atomic mass is 9.76. The number of nitrogens with one attached hydrogen (secondary N) is 1. The molecule has 0 spiro atoms. The maximum absolute atomic E-state index is 15.0. The molecule has 0 saturated carbocycles. The Bertz CT molecular complexity index is 1260. The molecule has 4 rings (SSSR count). The number of hydrogen-bond acceptors (Lipinski definition) is 5. The third-order valence-corrected chi connectivity index (χ3v) is 7.70. The predicted octanol–water partition coefficient (Wildman–Crippen LogP) is 5.84.